The molecule has 0 unspecified atom stereocenters. The van der Waals surface area contributed by atoms with Crippen LogP contribution in [0.5, 0.6) is 11.5 Å². The predicted octanol–water partition coefficient (Wildman–Crippen LogP) is 2.39. The highest BCUT2D eigenvalue weighted by atomic mass is 16.5. The van der Waals surface area contributed by atoms with Crippen molar-refractivity contribution in [3.63, 3.8) is 0 Å². The first kappa shape index (κ1) is 16.3. The molecule has 0 N–H and O–H groups in total. The summed E-state index contributed by atoms with van der Waals surface area (Å²) < 4.78 is 21.4. The Morgan fingerprint density at radius 1 is 1.05 bits per heavy atom. The lowest BCUT2D eigenvalue weighted by atomic mass is 10.2. The fourth-order valence-corrected chi connectivity index (χ4v) is 1.58. The Labute approximate surface area is 120 Å². The van der Waals surface area contributed by atoms with Gasteiger partial charge in [0, 0.05) is 26.4 Å². The van der Waals surface area contributed by atoms with Gasteiger partial charge in [0.1, 0.15) is 6.61 Å². The van der Waals surface area contributed by atoms with Crippen LogP contribution in [0.15, 0.2) is 18.2 Å². The van der Waals surface area contributed by atoms with Crippen LogP contribution in [0.3, 0.4) is 0 Å². The molecule has 1 rings (SSSR count). The zero-order valence-corrected chi connectivity index (χ0v) is 12.1. The molecule has 0 saturated heterocycles. The molecule has 0 saturated carbocycles. The van der Waals surface area contributed by atoms with Crippen molar-refractivity contribution in [1.29, 1.82) is 5.26 Å². The molecular weight excluding hydrogens is 258 g/mol. The Morgan fingerprint density at radius 3 is 2.60 bits per heavy atom. The zero-order valence-electron chi connectivity index (χ0n) is 12.1. The van der Waals surface area contributed by atoms with E-state index in [1.165, 1.54) is 0 Å². The molecule has 110 valence electrons. The van der Waals surface area contributed by atoms with Gasteiger partial charge in [-0.05, 0) is 25.5 Å². The first-order valence-corrected chi connectivity index (χ1v) is 6.68. The van der Waals surface area contributed by atoms with Crippen molar-refractivity contribution in [3.05, 3.63) is 23.8 Å². The normalized spacial score (nSPS) is 10.1. The summed E-state index contributed by atoms with van der Waals surface area (Å²) in [6, 6.07) is 7.21. The molecule has 0 aromatic heterocycles. The Morgan fingerprint density at radius 2 is 1.90 bits per heavy atom. The molecule has 5 nitrogen and oxygen atoms in total. The minimum absolute atomic E-state index is 0.443. The van der Waals surface area contributed by atoms with E-state index in [1.807, 2.05) is 6.92 Å². The zero-order chi connectivity index (χ0) is 14.6. The molecule has 0 heterocycles. The number of rotatable bonds is 10. The summed E-state index contributed by atoms with van der Waals surface area (Å²) >= 11 is 0. The lowest BCUT2D eigenvalue weighted by Crippen LogP contribution is -2.09. The number of methoxy groups -OCH3 is 1. The van der Waals surface area contributed by atoms with Crippen LogP contribution in [-0.4, -0.2) is 40.1 Å². The first-order valence-electron chi connectivity index (χ1n) is 6.68. The fourth-order valence-electron chi connectivity index (χ4n) is 1.58. The molecular formula is C15H21NO4. The second-order valence-corrected chi connectivity index (χ2v) is 4.01. The molecule has 0 spiro atoms. The van der Waals surface area contributed by atoms with Crippen molar-refractivity contribution < 1.29 is 18.9 Å². The Balaban J connectivity index is 2.37. The van der Waals surface area contributed by atoms with E-state index in [0.29, 0.717) is 50.1 Å². The monoisotopic (exact) mass is 279 g/mol. The van der Waals surface area contributed by atoms with E-state index >= 15 is 0 Å². The van der Waals surface area contributed by atoms with Gasteiger partial charge in [0.25, 0.3) is 0 Å². The molecule has 1 aromatic carbocycles. The van der Waals surface area contributed by atoms with Crippen molar-refractivity contribution in [3.8, 4) is 17.6 Å². The van der Waals surface area contributed by atoms with Crippen molar-refractivity contribution >= 4 is 0 Å². The van der Waals surface area contributed by atoms with Crippen LogP contribution < -0.4 is 9.47 Å². The molecule has 0 aliphatic carbocycles. The van der Waals surface area contributed by atoms with Gasteiger partial charge in [0.2, 0.25) is 0 Å². The topological polar surface area (TPSA) is 60.7 Å². The predicted molar refractivity (Wildman–Crippen MR) is 75.1 cm³/mol. The maximum Gasteiger partial charge on any atom is 0.162 e. The summed E-state index contributed by atoms with van der Waals surface area (Å²) in [6.45, 7) is 4.72. The van der Waals surface area contributed by atoms with Crippen molar-refractivity contribution in [2.24, 2.45) is 0 Å². The number of hydrogen-bond donors (Lipinski definition) is 0. The van der Waals surface area contributed by atoms with Crippen LogP contribution in [-0.2, 0) is 9.47 Å². The second kappa shape index (κ2) is 10.1. The molecule has 0 aliphatic rings. The third-order valence-corrected chi connectivity index (χ3v) is 2.50. The summed E-state index contributed by atoms with van der Waals surface area (Å²) in [5.74, 6) is 1.22. The van der Waals surface area contributed by atoms with Crippen molar-refractivity contribution in [1.82, 2.24) is 0 Å². The van der Waals surface area contributed by atoms with Gasteiger partial charge >= 0.3 is 0 Å². The van der Waals surface area contributed by atoms with Crippen LogP contribution in [0.2, 0.25) is 0 Å². The molecule has 0 atom stereocenters. The average Bonchev–Trinajstić information content (AvgIpc) is 2.47. The summed E-state index contributed by atoms with van der Waals surface area (Å²) in [5, 5.41) is 8.86. The average molecular weight is 279 g/mol. The molecule has 0 radical (unpaired) electrons. The van der Waals surface area contributed by atoms with Gasteiger partial charge in [-0.1, -0.05) is 0 Å². The van der Waals surface area contributed by atoms with Crippen molar-refractivity contribution in [2.45, 2.75) is 13.3 Å². The highest BCUT2D eigenvalue weighted by molar-refractivity contribution is 5.46. The molecule has 0 amide bonds. The van der Waals surface area contributed by atoms with E-state index in [2.05, 4.69) is 6.07 Å². The van der Waals surface area contributed by atoms with E-state index < -0.39 is 0 Å². The van der Waals surface area contributed by atoms with E-state index in [1.54, 1.807) is 25.3 Å². The number of nitriles is 1. The summed E-state index contributed by atoms with van der Waals surface area (Å²) in [5.41, 5.74) is 0.552. The van der Waals surface area contributed by atoms with Crippen LogP contribution in [0.1, 0.15) is 18.9 Å². The van der Waals surface area contributed by atoms with E-state index in [-0.39, 0.29) is 0 Å². The Hall–Kier alpha value is -1.77. The molecule has 20 heavy (non-hydrogen) atoms. The van der Waals surface area contributed by atoms with Gasteiger partial charge < -0.3 is 18.9 Å². The van der Waals surface area contributed by atoms with Gasteiger partial charge in [0.15, 0.2) is 11.5 Å². The minimum atomic E-state index is 0.443. The van der Waals surface area contributed by atoms with Crippen LogP contribution in [0, 0.1) is 11.3 Å². The number of hydrogen-bond acceptors (Lipinski definition) is 5. The number of ether oxygens (including phenoxy) is 4. The van der Waals surface area contributed by atoms with Crippen LogP contribution in [0.4, 0.5) is 0 Å². The fraction of sp³-hybridized carbons (Fsp3) is 0.533. The Bertz CT molecular complexity index is 428. The SMILES string of the molecule is CCOc1cc(C#N)ccc1OCCOCCCOC. The summed E-state index contributed by atoms with van der Waals surface area (Å²) in [4.78, 5) is 0. The maximum absolute atomic E-state index is 8.86. The molecule has 0 aliphatic heterocycles. The number of nitrogens with zero attached hydrogens (tertiary/aromatic N) is 1. The van der Waals surface area contributed by atoms with Gasteiger partial charge in [-0.25, -0.2) is 0 Å². The highest BCUT2D eigenvalue weighted by Gasteiger charge is 2.06. The largest absolute Gasteiger partial charge is 0.490 e. The summed E-state index contributed by atoms with van der Waals surface area (Å²) in [6.07, 6.45) is 0.873. The first-order chi connectivity index (χ1) is 9.81. The Kier molecular flexibility index (Phi) is 8.20. The van der Waals surface area contributed by atoms with Gasteiger partial charge in [-0.15, -0.1) is 0 Å². The molecule has 5 heteroatoms. The van der Waals surface area contributed by atoms with Gasteiger partial charge in [0.05, 0.1) is 24.8 Å². The van der Waals surface area contributed by atoms with E-state index in [4.69, 9.17) is 24.2 Å². The lowest BCUT2D eigenvalue weighted by molar-refractivity contribution is 0.0798. The quantitative estimate of drug-likeness (QED) is 0.615. The second-order valence-electron chi connectivity index (χ2n) is 4.01. The minimum Gasteiger partial charge on any atom is -0.490 e. The van der Waals surface area contributed by atoms with Gasteiger partial charge in [-0.2, -0.15) is 5.26 Å². The lowest BCUT2D eigenvalue weighted by Gasteiger charge is -2.12. The van der Waals surface area contributed by atoms with Crippen molar-refractivity contribution in [2.75, 3.05) is 40.1 Å². The van der Waals surface area contributed by atoms with Crippen LogP contribution in [0.25, 0.3) is 0 Å². The van der Waals surface area contributed by atoms with Gasteiger partial charge in [-0.3, -0.25) is 0 Å². The molecule has 1 aromatic rings. The maximum atomic E-state index is 8.86. The standard InChI is InChI=1S/C15H21NO4/c1-3-19-15-11-13(12-16)5-6-14(15)20-10-9-18-8-4-7-17-2/h5-6,11H,3-4,7-10H2,1-2H3. The highest BCUT2D eigenvalue weighted by Crippen LogP contribution is 2.28. The van der Waals surface area contributed by atoms with E-state index in [9.17, 15) is 0 Å². The number of benzene rings is 1. The molecule has 0 bridgehead atoms. The third kappa shape index (κ3) is 5.91. The summed E-state index contributed by atoms with van der Waals surface area (Å²) in [7, 11) is 1.67. The third-order valence-electron chi connectivity index (χ3n) is 2.50. The molecule has 0 fully saturated rings. The van der Waals surface area contributed by atoms with E-state index in [0.717, 1.165) is 6.42 Å². The smallest absolute Gasteiger partial charge is 0.162 e. The van der Waals surface area contributed by atoms with Crippen LogP contribution >= 0.6 is 0 Å².